The van der Waals surface area contributed by atoms with E-state index >= 15 is 0 Å². The normalized spacial score (nSPS) is 10.1. The van der Waals surface area contributed by atoms with Crippen molar-refractivity contribution in [2.75, 3.05) is 6.61 Å². The minimum atomic E-state index is -0.404. The van der Waals surface area contributed by atoms with Crippen LogP contribution >= 0.6 is 11.3 Å². The molecule has 5 heteroatoms. The van der Waals surface area contributed by atoms with Crippen LogP contribution in [0.15, 0.2) is 29.6 Å². The molecule has 0 unspecified atom stereocenters. The highest BCUT2D eigenvalue weighted by atomic mass is 32.1. The van der Waals surface area contributed by atoms with Crippen LogP contribution in [-0.2, 0) is 4.74 Å². The Labute approximate surface area is 108 Å². The van der Waals surface area contributed by atoms with E-state index in [1.54, 1.807) is 36.6 Å². The van der Waals surface area contributed by atoms with Gasteiger partial charge in [-0.1, -0.05) is 24.3 Å². The molecule has 2 aromatic rings. The van der Waals surface area contributed by atoms with Crippen LogP contribution in [0.4, 0.5) is 0 Å². The Bertz CT molecular complexity index is 560. The molecule has 0 saturated heterocycles. The van der Waals surface area contributed by atoms with Crippen LogP contribution in [0.5, 0.6) is 0 Å². The first-order valence-electron chi connectivity index (χ1n) is 5.43. The molecule has 0 radical (unpaired) electrons. The Morgan fingerprint density at radius 2 is 2.11 bits per heavy atom. The summed E-state index contributed by atoms with van der Waals surface area (Å²) in [6.45, 7) is 2.09. The largest absolute Gasteiger partial charge is 0.461 e. The van der Waals surface area contributed by atoms with Crippen LogP contribution in [0.3, 0.4) is 0 Å². The number of carbonyl (C=O) groups is 2. The molecule has 0 N–H and O–H groups in total. The first kappa shape index (κ1) is 12.4. The van der Waals surface area contributed by atoms with Gasteiger partial charge in [0, 0.05) is 16.5 Å². The van der Waals surface area contributed by atoms with Crippen molar-refractivity contribution in [2.45, 2.75) is 6.92 Å². The molecule has 0 atom stereocenters. The van der Waals surface area contributed by atoms with E-state index < -0.39 is 5.97 Å². The topological polar surface area (TPSA) is 56.3 Å². The van der Waals surface area contributed by atoms with E-state index in [0.29, 0.717) is 22.9 Å². The number of thiazole rings is 1. The number of benzene rings is 1. The second-order valence-electron chi connectivity index (χ2n) is 3.50. The summed E-state index contributed by atoms with van der Waals surface area (Å²) >= 11 is 1.25. The number of nitrogens with zero attached hydrogens (tertiary/aromatic N) is 1. The zero-order valence-corrected chi connectivity index (χ0v) is 10.6. The van der Waals surface area contributed by atoms with Crippen LogP contribution in [0, 0.1) is 0 Å². The van der Waals surface area contributed by atoms with Crippen molar-refractivity contribution in [3.8, 4) is 11.3 Å². The summed E-state index contributed by atoms with van der Waals surface area (Å²) in [5.41, 5.74) is 2.19. The molecule has 0 amide bonds. The first-order valence-corrected chi connectivity index (χ1v) is 6.31. The summed E-state index contributed by atoms with van der Waals surface area (Å²) in [5.74, 6) is -0.404. The highest BCUT2D eigenvalue weighted by Gasteiger charge is 2.12. The Balaban J connectivity index is 2.23. The summed E-state index contributed by atoms with van der Waals surface area (Å²) < 4.78 is 4.88. The molecular weight excluding hydrogens is 250 g/mol. The van der Waals surface area contributed by atoms with Gasteiger partial charge in [-0.25, -0.2) is 9.78 Å². The minimum Gasteiger partial charge on any atom is -0.461 e. The van der Waals surface area contributed by atoms with Crippen LogP contribution in [0.25, 0.3) is 11.3 Å². The molecule has 1 heterocycles. The van der Waals surface area contributed by atoms with E-state index in [0.717, 1.165) is 11.8 Å². The molecule has 0 aliphatic rings. The van der Waals surface area contributed by atoms with Gasteiger partial charge in [-0.3, -0.25) is 4.79 Å². The molecule has 92 valence electrons. The Morgan fingerprint density at radius 3 is 2.72 bits per heavy atom. The standard InChI is InChI=1S/C13H11NO3S/c1-2-17-13(16)12-14-11(8-18-12)10-5-3-9(7-15)4-6-10/h3-8H,2H2,1H3. The zero-order chi connectivity index (χ0) is 13.0. The maximum Gasteiger partial charge on any atom is 0.367 e. The molecule has 1 aromatic carbocycles. The van der Waals surface area contributed by atoms with E-state index in [2.05, 4.69) is 4.98 Å². The maximum atomic E-state index is 11.5. The highest BCUT2D eigenvalue weighted by Crippen LogP contribution is 2.22. The summed E-state index contributed by atoms with van der Waals surface area (Å²) in [5, 5.41) is 2.13. The third-order valence-corrected chi connectivity index (χ3v) is 3.12. The molecular formula is C13H11NO3S. The lowest BCUT2D eigenvalue weighted by molar-refractivity contribution is 0.0526. The number of esters is 1. The van der Waals surface area contributed by atoms with Crippen LogP contribution in [-0.4, -0.2) is 23.8 Å². The predicted molar refractivity (Wildman–Crippen MR) is 68.9 cm³/mol. The van der Waals surface area contributed by atoms with Gasteiger partial charge in [-0.2, -0.15) is 0 Å². The quantitative estimate of drug-likeness (QED) is 0.627. The van der Waals surface area contributed by atoms with Gasteiger partial charge in [0.05, 0.1) is 12.3 Å². The number of hydrogen-bond donors (Lipinski definition) is 0. The first-order chi connectivity index (χ1) is 8.74. The summed E-state index contributed by atoms with van der Waals surface area (Å²) in [4.78, 5) is 26.2. The van der Waals surface area contributed by atoms with Crippen LogP contribution in [0.2, 0.25) is 0 Å². The van der Waals surface area contributed by atoms with Crippen molar-refractivity contribution in [1.29, 1.82) is 0 Å². The molecule has 0 fully saturated rings. The molecule has 1 aromatic heterocycles. The van der Waals surface area contributed by atoms with Crippen molar-refractivity contribution in [3.63, 3.8) is 0 Å². The maximum absolute atomic E-state index is 11.5. The lowest BCUT2D eigenvalue weighted by Crippen LogP contribution is -2.03. The van der Waals surface area contributed by atoms with E-state index in [1.807, 2.05) is 0 Å². The van der Waals surface area contributed by atoms with Crippen molar-refractivity contribution in [3.05, 3.63) is 40.2 Å². The van der Waals surface area contributed by atoms with Crippen molar-refractivity contribution in [2.24, 2.45) is 0 Å². The van der Waals surface area contributed by atoms with Gasteiger partial charge in [0.2, 0.25) is 5.01 Å². The Morgan fingerprint density at radius 1 is 1.39 bits per heavy atom. The average Bonchev–Trinajstić information content (AvgIpc) is 2.89. The van der Waals surface area contributed by atoms with Crippen LogP contribution < -0.4 is 0 Å². The monoisotopic (exact) mass is 261 g/mol. The second kappa shape index (κ2) is 5.55. The summed E-state index contributed by atoms with van der Waals surface area (Å²) in [6, 6.07) is 7.03. The highest BCUT2D eigenvalue weighted by molar-refractivity contribution is 7.11. The Kier molecular flexibility index (Phi) is 3.84. The molecule has 18 heavy (non-hydrogen) atoms. The molecule has 0 bridgehead atoms. The molecule has 0 saturated carbocycles. The number of aldehydes is 1. The van der Waals surface area contributed by atoms with Gasteiger partial charge < -0.3 is 4.74 Å². The van der Waals surface area contributed by atoms with Gasteiger partial charge in [-0.05, 0) is 6.92 Å². The fourth-order valence-electron chi connectivity index (χ4n) is 1.43. The van der Waals surface area contributed by atoms with E-state index in [1.165, 1.54) is 11.3 Å². The van der Waals surface area contributed by atoms with Crippen LogP contribution in [0.1, 0.15) is 27.1 Å². The SMILES string of the molecule is CCOC(=O)c1nc(-c2ccc(C=O)cc2)cs1. The molecule has 0 aliphatic carbocycles. The number of ether oxygens (including phenoxy) is 1. The average molecular weight is 261 g/mol. The predicted octanol–water partition coefficient (Wildman–Crippen LogP) is 2.80. The summed E-state index contributed by atoms with van der Waals surface area (Å²) in [7, 11) is 0. The molecule has 0 spiro atoms. The molecule has 4 nitrogen and oxygen atoms in total. The smallest absolute Gasteiger partial charge is 0.367 e. The number of rotatable bonds is 4. The van der Waals surface area contributed by atoms with Gasteiger partial charge in [0.15, 0.2) is 0 Å². The van der Waals surface area contributed by atoms with Crippen molar-refractivity contribution < 1.29 is 14.3 Å². The third-order valence-electron chi connectivity index (χ3n) is 2.30. The number of hydrogen-bond acceptors (Lipinski definition) is 5. The molecule has 0 aliphatic heterocycles. The molecule has 2 rings (SSSR count). The van der Waals surface area contributed by atoms with E-state index in [-0.39, 0.29) is 0 Å². The lowest BCUT2D eigenvalue weighted by atomic mass is 10.1. The summed E-state index contributed by atoms with van der Waals surface area (Å²) in [6.07, 6.45) is 0.787. The third kappa shape index (κ3) is 2.62. The van der Waals surface area contributed by atoms with E-state index in [4.69, 9.17) is 4.74 Å². The lowest BCUT2D eigenvalue weighted by Gasteiger charge is -1.97. The fourth-order valence-corrected chi connectivity index (χ4v) is 2.14. The van der Waals surface area contributed by atoms with Crippen molar-refractivity contribution in [1.82, 2.24) is 4.98 Å². The number of aromatic nitrogens is 1. The van der Waals surface area contributed by atoms with E-state index in [9.17, 15) is 9.59 Å². The number of carbonyl (C=O) groups excluding carboxylic acids is 2. The van der Waals surface area contributed by atoms with Crippen molar-refractivity contribution >= 4 is 23.6 Å². The van der Waals surface area contributed by atoms with Gasteiger partial charge in [0.1, 0.15) is 6.29 Å². The minimum absolute atomic E-state index is 0.335. The van der Waals surface area contributed by atoms with Gasteiger partial charge in [0.25, 0.3) is 0 Å². The van der Waals surface area contributed by atoms with Gasteiger partial charge in [-0.15, -0.1) is 11.3 Å². The zero-order valence-electron chi connectivity index (χ0n) is 9.75. The second-order valence-corrected chi connectivity index (χ2v) is 4.36. The Hall–Kier alpha value is -2.01. The fraction of sp³-hybridized carbons (Fsp3) is 0.154. The van der Waals surface area contributed by atoms with Gasteiger partial charge >= 0.3 is 5.97 Å².